The van der Waals surface area contributed by atoms with Gasteiger partial charge in [-0.1, -0.05) is 0 Å². The second kappa shape index (κ2) is 9.52. The molecule has 0 heterocycles. The lowest BCUT2D eigenvalue weighted by Crippen LogP contribution is -2.16. The van der Waals surface area contributed by atoms with Crippen LogP contribution in [0.15, 0.2) is 42.5 Å². The maximum atomic E-state index is 12.8. The van der Waals surface area contributed by atoms with Crippen LogP contribution in [0.3, 0.4) is 0 Å². The highest BCUT2D eigenvalue weighted by molar-refractivity contribution is 5.92. The molecule has 2 aromatic carbocycles. The van der Waals surface area contributed by atoms with E-state index in [1.165, 1.54) is 24.3 Å². The SMILES string of the molecule is CCOc1ccc(OCC)c(NC(=O)CCOc2ccc(F)cc2)c1. The molecular formula is C19H22FNO4. The summed E-state index contributed by atoms with van der Waals surface area (Å²) < 4.78 is 29.2. The summed E-state index contributed by atoms with van der Waals surface area (Å²) in [6, 6.07) is 10.9. The third-order valence-corrected chi connectivity index (χ3v) is 3.25. The van der Waals surface area contributed by atoms with Crippen molar-refractivity contribution in [1.82, 2.24) is 0 Å². The van der Waals surface area contributed by atoms with Crippen molar-refractivity contribution in [3.8, 4) is 17.2 Å². The summed E-state index contributed by atoms with van der Waals surface area (Å²) in [5.74, 6) is 1.21. The molecule has 0 fully saturated rings. The molecule has 0 atom stereocenters. The summed E-state index contributed by atoms with van der Waals surface area (Å²) in [6.07, 6.45) is 0.155. The van der Waals surface area contributed by atoms with Crippen LogP contribution in [0.5, 0.6) is 17.2 Å². The minimum absolute atomic E-state index is 0.155. The number of halogens is 1. The summed E-state index contributed by atoms with van der Waals surface area (Å²) in [4.78, 5) is 12.1. The van der Waals surface area contributed by atoms with Crippen molar-refractivity contribution < 1.29 is 23.4 Å². The lowest BCUT2D eigenvalue weighted by molar-refractivity contribution is -0.116. The van der Waals surface area contributed by atoms with E-state index in [-0.39, 0.29) is 24.8 Å². The fourth-order valence-corrected chi connectivity index (χ4v) is 2.15. The van der Waals surface area contributed by atoms with Crippen LogP contribution in [-0.2, 0) is 4.79 Å². The van der Waals surface area contributed by atoms with Gasteiger partial charge in [0.15, 0.2) is 0 Å². The third-order valence-electron chi connectivity index (χ3n) is 3.25. The van der Waals surface area contributed by atoms with Crippen LogP contribution < -0.4 is 19.5 Å². The molecule has 25 heavy (non-hydrogen) atoms. The second-order valence-corrected chi connectivity index (χ2v) is 5.12. The monoisotopic (exact) mass is 347 g/mol. The molecule has 1 N–H and O–H groups in total. The number of hydrogen-bond acceptors (Lipinski definition) is 4. The third kappa shape index (κ3) is 5.99. The normalized spacial score (nSPS) is 10.2. The summed E-state index contributed by atoms with van der Waals surface area (Å²) in [5, 5.41) is 2.81. The molecule has 0 saturated heterocycles. The molecular weight excluding hydrogens is 325 g/mol. The lowest BCUT2D eigenvalue weighted by Gasteiger charge is -2.13. The van der Waals surface area contributed by atoms with E-state index in [0.717, 1.165) is 0 Å². The molecule has 1 amide bonds. The van der Waals surface area contributed by atoms with Crippen molar-refractivity contribution in [3.63, 3.8) is 0 Å². The first-order valence-corrected chi connectivity index (χ1v) is 8.20. The summed E-state index contributed by atoms with van der Waals surface area (Å²) >= 11 is 0. The van der Waals surface area contributed by atoms with Gasteiger partial charge in [0.1, 0.15) is 23.1 Å². The molecule has 0 saturated carbocycles. The fourth-order valence-electron chi connectivity index (χ4n) is 2.15. The van der Waals surface area contributed by atoms with Gasteiger partial charge in [-0.3, -0.25) is 4.79 Å². The molecule has 6 heteroatoms. The smallest absolute Gasteiger partial charge is 0.227 e. The van der Waals surface area contributed by atoms with Gasteiger partial charge in [0.25, 0.3) is 0 Å². The van der Waals surface area contributed by atoms with Crippen LogP contribution in [0.2, 0.25) is 0 Å². The summed E-state index contributed by atoms with van der Waals surface area (Å²) in [5.41, 5.74) is 0.555. The van der Waals surface area contributed by atoms with Crippen LogP contribution in [-0.4, -0.2) is 25.7 Å². The largest absolute Gasteiger partial charge is 0.494 e. The first kappa shape index (κ1) is 18.6. The van der Waals surface area contributed by atoms with E-state index >= 15 is 0 Å². The molecule has 0 bridgehead atoms. The molecule has 0 spiro atoms. The van der Waals surface area contributed by atoms with Crippen LogP contribution in [0.1, 0.15) is 20.3 Å². The average Bonchev–Trinajstić information content (AvgIpc) is 2.59. The van der Waals surface area contributed by atoms with Gasteiger partial charge in [-0.25, -0.2) is 4.39 Å². The Kier molecular flexibility index (Phi) is 7.07. The number of amides is 1. The van der Waals surface area contributed by atoms with Gasteiger partial charge < -0.3 is 19.5 Å². The zero-order chi connectivity index (χ0) is 18.1. The molecule has 0 aliphatic carbocycles. The van der Waals surface area contributed by atoms with Gasteiger partial charge in [0.2, 0.25) is 5.91 Å². The first-order valence-electron chi connectivity index (χ1n) is 8.20. The number of nitrogens with one attached hydrogen (secondary N) is 1. The molecule has 5 nitrogen and oxygen atoms in total. The highest BCUT2D eigenvalue weighted by Crippen LogP contribution is 2.29. The van der Waals surface area contributed by atoms with Gasteiger partial charge >= 0.3 is 0 Å². The fraction of sp³-hybridized carbons (Fsp3) is 0.316. The molecule has 0 unspecified atom stereocenters. The van der Waals surface area contributed by atoms with Gasteiger partial charge in [-0.05, 0) is 50.2 Å². The van der Waals surface area contributed by atoms with Gasteiger partial charge in [-0.2, -0.15) is 0 Å². The van der Waals surface area contributed by atoms with Gasteiger partial charge in [-0.15, -0.1) is 0 Å². The van der Waals surface area contributed by atoms with Gasteiger partial charge in [0, 0.05) is 6.07 Å². The quantitative estimate of drug-likeness (QED) is 0.744. The Morgan fingerprint density at radius 3 is 2.32 bits per heavy atom. The van der Waals surface area contributed by atoms with Crippen LogP contribution >= 0.6 is 0 Å². The maximum Gasteiger partial charge on any atom is 0.227 e. The highest BCUT2D eigenvalue weighted by atomic mass is 19.1. The number of benzene rings is 2. The van der Waals surface area contributed by atoms with Crippen molar-refractivity contribution in [1.29, 1.82) is 0 Å². The van der Waals surface area contributed by atoms with E-state index in [9.17, 15) is 9.18 Å². The van der Waals surface area contributed by atoms with Crippen molar-refractivity contribution in [3.05, 3.63) is 48.3 Å². The number of ether oxygens (including phenoxy) is 3. The van der Waals surface area contributed by atoms with E-state index in [0.29, 0.717) is 36.1 Å². The van der Waals surface area contributed by atoms with Crippen molar-refractivity contribution >= 4 is 11.6 Å². The Morgan fingerprint density at radius 2 is 1.64 bits per heavy atom. The Hall–Kier alpha value is -2.76. The highest BCUT2D eigenvalue weighted by Gasteiger charge is 2.10. The Balaban J connectivity index is 1.91. The minimum Gasteiger partial charge on any atom is -0.494 e. The van der Waals surface area contributed by atoms with Crippen molar-refractivity contribution in [2.24, 2.45) is 0 Å². The minimum atomic E-state index is -0.331. The Labute approximate surface area is 146 Å². The zero-order valence-electron chi connectivity index (χ0n) is 14.4. The number of rotatable bonds is 9. The summed E-state index contributed by atoms with van der Waals surface area (Å²) in [6.45, 7) is 4.98. The van der Waals surface area contributed by atoms with Crippen LogP contribution in [0.25, 0.3) is 0 Å². The molecule has 0 radical (unpaired) electrons. The van der Waals surface area contributed by atoms with E-state index in [2.05, 4.69) is 5.32 Å². The average molecular weight is 347 g/mol. The van der Waals surface area contributed by atoms with E-state index in [1.807, 2.05) is 13.8 Å². The number of hydrogen-bond donors (Lipinski definition) is 1. The molecule has 0 aromatic heterocycles. The van der Waals surface area contributed by atoms with E-state index in [4.69, 9.17) is 14.2 Å². The summed E-state index contributed by atoms with van der Waals surface area (Å²) in [7, 11) is 0. The lowest BCUT2D eigenvalue weighted by atomic mass is 10.2. The first-order chi connectivity index (χ1) is 12.1. The topological polar surface area (TPSA) is 56.8 Å². The predicted molar refractivity (Wildman–Crippen MR) is 93.9 cm³/mol. The van der Waals surface area contributed by atoms with Crippen molar-refractivity contribution in [2.45, 2.75) is 20.3 Å². The van der Waals surface area contributed by atoms with Crippen LogP contribution in [0.4, 0.5) is 10.1 Å². The maximum absolute atomic E-state index is 12.8. The van der Waals surface area contributed by atoms with Crippen LogP contribution in [0, 0.1) is 5.82 Å². The molecule has 2 rings (SSSR count). The Morgan fingerprint density at radius 1 is 0.960 bits per heavy atom. The molecule has 0 aliphatic heterocycles. The zero-order valence-corrected chi connectivity index (χ0v) is 14.4. The second-order valence-electron chi connectivity index (χ2n) is 5.12. The van der Waals surface area contributed by atoms with Crippen molar-refractivity contribution in [2.75, 3.05) is 25.1 Å². The number of anilines is 1. The number of carbonyl (C=O) groups is 1. The molecule has 0 aliphatic rings. The van der Waals surface area contributed by atoms with E-state index in [1.54, 1.807) is 18.2 Å². The number of carbonyl (C=O) groups excluding carboxylic acids is 1. The molecule has 2 aromatic rings. The van der Waals surface area contributed by atoms with E-state index < -0.39 is 0 Å². The molecule has 134 valence electrons. The van der Waals surface area contributed by atoms with Gasteiger partial charge in [0.05, 0.1) is 31.9 Å². The Bertz CT molecular complexity index is 688. The standard InChI is InChI=1S/C19H22FNO4/c1-3-23-16-9-10-18(24-4-2)17(13-16)21-19(22)11-12-25-15-7-5-14(20)6-8-15/h5-10,13H,3-4,11-12H2,1-2H3,(H,21,22). The predicted octanol–water partition coefficient (Wildman–Crippen LogP) is 4.03.